The number of hydrogen-bond acceptors (Lipinski definition) is 5. The molecule has 1 N–H and O–H groups in total. The fourth-order valence-corrected chi connectivity index (χ4v) is 2.17. The Hall–Kier alpha value is -2.45. The zero-order valence-electron chi connectivity index (χ0n) is 14.1. The van der Waals surface area contributed by atoms with Gasteiger partial charge in [0.25, 0.3) is 0 Å². The van der Waals surface area contributed by atoms with Gasteiger partial charge in [0.1, 0.15) is 11.5 Å². The predicted molar refractivity (Wildman–Crippen MR) is 82.5 cm³/mol. The van der Waals surface area contributed by atoms with Gasteiger partial charge in [-0.3, -0.25) is 9.59 Å². The summed E-state index contributed by atoms with van der Waals surface area (Å²) in [6.07, 6.45) is -5.10. The lowest BCUT2D eigenvalue weighted by Crippen LogP contribution is -2.44. The van der Waals surface area contributed by atoms with Crippen LogP contribution in [-0.4, -0.2) is 45.4 Å². The van der Waals surface area contributed by atoms with Crippen molar-refractivity contribution in [2.75, 3.05) is 21.3 Å². The number of esters is 1. The van der Waals surface area contributed by atoms with Crippen molar-refractivity contribution in [3.05, 3.63) is 23.8 Å². The summed E-state index contributed by atoms with van der Waals surface area (Å²) in [6.45, 7) is 0. The van der Waals surface area contributed by atoms with Gasteiger partial charge in [-0.15, -0.1) is 0 Å². The molecule has 1 aromatic carbocycles. The molecular weight excluding hydrogens is 343 g/mol. The molecule has 1 atom stereocenters. The summed E-state index contributed by atoms with van der Waals surface area (Å²) >= 11 is 0. The average molecular weight is 363 g/mol. The largest absolute Gasteiger partial charge is 0.497 e. The van der Waals surface area contributed by atoms with Gasteiger partial charge < -0.3 is 19.5 Å². The second kappa shape index (κ2) is 9.14. The molecule has 0 aliphatic carbocycles. The van der Waals surface area contributed by atoms with Crippen molar-refractivity contribution >= 4 is 11.9 Å². The van der Waals surface area contributed by atoms with Gasteiger partial charge in [-0.05, 0) is 24.5 Å². The number of rotatable bonds is 8. The molecule has 1 amide bonds. The van der Waals surface area contributed by atoms with E-state index in [2.05, 4.69) is 4.74 Å². The molecule has 0 unspecified atom stereocenters. The van der Waals surface area contributed by atoms with E-state index in [0.717, 1.165) is 0 Å². The maximum atomic E-state index is 12.5. The zero-order chi connectivity index (χ0) is 19.0. The normalized spacial score (nSPS) is 12.2. The minimum absolute atomic E-state index is 0.0102. The van der Waals surface area contributed by atoms with Crippen LogP contribution < -0.4 is 14.8 Å². The van der Waals surface area contributed by atoms with E-state index in [9.17, 15) is 22.8 Å². The summed E-state index contributed by atoms with van der Waals surface area (Å²) in [5, 5.41) is 1.91. The molecule has 0 radical (unpaired) electrons. The zero-order valence-corrected chi connectivity index (χ0v) is 14.1. The van der Waals surface area contributed by atoms with E-state index in [4.69, 9.17) is 9.47 Å². The third-order valence-electron chi connectivity index (χ3n) is 3.48. The summed E-state index contributed by atoms with van der Waals surface area (Å²) in [6, 6.07) is 3.91. The average Bonchev–Trinajstić information content (AvgIpc) is 2.58. The Bertz CT molecular complexity index is 604. The summed E-state index contributed by atoms with van der Waals surface area (Å²) < 4.78 is 52.3. The highest BCUT2D eigenvalue weighted by Gasteiger charge is 2.39. The minimum atomic E-state index is -5.01. The molecule has 140 valence electrons. The molecule has 25 heavy (non-hydrogen) atoms. The Morgan fingerprint density at radius 3 is 2.36 bits per heavy atom. The maximum Gasteiger partial charge on any atom is 0.471 e. The fourth-order valence-electron chi connectivity index (χ4n) is 2.17. The van der Waals surface area contributed by atoms with Crippen LogP contribution in [0.25, 0.3) is 0 Å². The fraction of sp³-hybridized carbons (Fsp3) is 0.500. The number of alkyl halides is 3. The molecule has 0 spiro atoms. The van der Waals surface area contributed by atoms with E-state index in [0.29, 0.717) is 17.1 Å². The van der Waals surface area contributed by atoms with Gasteiger partial charge in [0.15, 0.2) is 0 Å². The molecule has 0 fully saturated rings. The molecular formula is C16H20F3NO5. The highest BCUT2D eigenvalue weighted by molar-refractivity contribution is 5.82. The number of methoxy groups -OCH3 is 3. The van der Waals surface area contributed by atoms with E-state index in [-0.39, 0.29) is 19.3 Å². The number of carbonyl (C=O) groups excluding carboxylic acids is 2. The number of ether oxygens (including phenoxy) is 3. The first-order chi connectivity index (χ1) is 11.7. The van der Waals surface area contributed by atoms with E-state index in [1.807, 2.05) is 5.32 Å². The van der Waals surface area contributed by atoms with Crippen molar-refractivity contribution in [1.29, 1.82) is 0 Å². The maximum absolute atomic E-state index is 12.5. The summed E-state index contributed by atoms with van der Waals surface area (Å²) in [4.78, 5) is 22.5. The summed E-state index contributed by atoms with van der Waals surface area (Å²) in [7, 11) is 4.06. The first-order valence-electron chi connectivity index (χ1n) is 7.36. The van der Waals surface area contributed by atoms with Gasteiger partial charge in [0, 0.05) is 18.5 Å². The standard InChI is InChI=1S/C16H20F3NO5/c1-23-12-6-4-10(13(9-12)24-2)8-11(5-7-14(21)25-3)20-15(22)16(17,18)19/h4,6,9,11H,5,7-8H2,1-3H3,(H,20,22)/t11-/m0/s1. The van der Waals surface area contributed by atoms with Gasteiger partial charge in [-0.25, -0.2) is 0 Å². The van der Waals surface area contributed by atoms with E-state index < -0.39 is 24.1 Å². The molecule has 0 saturated carbocycles. The molecule has 9 heteroatoms. The lowest BCUT2D eigenvalue weighted by Gasteiger charge is -2.20. The first kappa shape index (κ1) is 20.6. The van der Waals surface area contributed by atoms with Crippen LogP contribution in [0.3, 0.4) is 0 Å². The van der Waals surface area contributed by atoms with Crippen LogP contribution in [0.4, 0.5) is 13.2 Å². The smallest absolute Gasteiger partial charge is 0.471 e. The molecule has 1 aromatic rings. The topological polar surface area (TPSA) is 73.9 Å². The Balaban J connectivity index is 2.95. The second-order valence-electron chi connectivity index (χ2n) is 5.16. The number of amides is 1. The number of nitrogens with one attached hydrogen (secondary N) is 1. The highest BCUT2D eigenvalue weighted by atomic mass is 19.4. The van der Waals surface area contributed by atoms with Gasteiger partial charge >= 0.3 is 18.1 Å². The Morgan fingerprint density at radius 2 is 1.84 bits per heavy atom. The van der Waals surface area contributed by atoms with Crippen molar-refractivity contribution < 1.29 is 37.0 Å². The van der Waals surface area contributed by atoms with Gasteiger partial charge in [0.05, 0.1) is 21.3 Å². The number of carbonyl (C=O) groups is 2. The van der Waals surface area contributed by atoms with Crippen LogP contribution in [0.2, 0.25) is 0 Å². The van der Waals surface area contributed by atoms with Crippen LogP contribution in [0, 0.1) is 0 Å². The van der Waals surface area contributed by atoms with Crippen molar-refractivity contribution in [3.63, 3.8) is 0 Å². The molecule has 0 aromatic heterocycles. The lowest BCUT2D eigenvalue weighted by molar-refractivity contribution is -0.174. The van der Waals surface area contributed by atoms with Crippen LogP contribution >= 0.6 is 0 Å². The molecule has 0 aliphatic rings. The molecule has 0 aliphatic heterocycles. The molecule has 6 nitrogen and oxygen atoms in total. The highest BCUT2D eigenvalue weighted by Crippen LogP contribution is 2.26. The van der Waals surface area contributed by atoms with Crippen LogP contribution in [0.1, 0.15) is 18.4 Å². The Kier molecular flexibility index (Phi) is 7.53. The Morgan fingerprint density at radius 1 is 1.16 bits per heavy atom. The van der Waals surface area contributed by atoms with E-state index in [1.165, 1.54) is 21.3 Å². The predicted octanol–water partition coefficient (Wildman–Crippen LogP) is 2.25. The van der Waals surface area contributed by atoms with Crippen LogP contribution in [0.5, 0.6) is 11.5 Å². The molecule has 0 heterocycles. The SMILES string of the molecule is COC(=O)CC[C@@H](Cc1ccc(OC)cc1OC)NC(=O)C(F)(F)F. The van der Waals surface area contributed by atoms with Crippen molar-refractivity contribution in [2.24, 2.45) is 0 Å². The van der Waals surface area contributed by atoms with Crippen molar-refractivity contribution in [2.45, 2.75) is 31.5 Å². The van der Waals surface area contributed by atoms with Crippen molar-refractivity contribution in [3.8, 4) is 11.5 Å². The minimum Gasteiger partial charge on any atom is -0.497 e. The molecule has 1 rings (SSSR count). The number of benzene rings is 1. The number of halogens is 3. The van der Waals surface area contributed by atoms with Crippen molar-refractivity contribution in [1.82, 2.24) is 5.32 Å². The number of hydrogen-bond donors (Lipinski definition) is 1. The van der Waals surface area contributed by atoms with E-state index >= 15 is 0 Å². The molecule has 0 bridgehead atoms. The molecule has 0 saturated heterocycles. The van der Waals surface area contributed by atoms with Crippen LogP contribution in [0.15, 0.2) is 18.2 Å². The van der Waals surface area contributed by atoms with Gasteiger partial charge in [0.2, 0.25) is 0 Å². The lowest BCUT2D eigenvalue weighted by atomic mass is 10.0. The monoisotopic (exact) mass is 363 g/mol. The Labute approximate surface area is 143 Å². The van der Waals surface area contributed by atoms with Gasteiger partial charge in [-0.2, -0.15) is 13.2 Å². The summed E-state index contributed by atoms with van der Waals surface area (Å²) in [5.74, 6) is -1.71. The third-order valence-corrected chi connectivity index (χ3v) is 3.48. The second-order valence-corrected chi connectivity index (χ2v) is 5.16. The first-order valence-corrected chi connectivity index (χ1v) is 7.36. The quantitative estimate of drug-likeness (QED) is 0.717. The van der Waals surface area contributed by atoms with Gasteiger partial charge in [-0.1, -0.05) is 6.07 Å². The third kappa shape index (κ3) is 6.52. The van der Waals surface area contributed by atoms with E-state index in [1.54, 1.807) is 18.2 Å². The van der Waals surface area contributed by atoms with Crippen LogP contribution in [-0.2, 0) is 20.7 Å². The summed E-state index contributed by atoms with van der Waals surface area (Å²) in [5.41, 5.74) is 0.570.